The van der Waals surface area contributed by atoms with E-state index in [1.165, 1.54) is 0 Å². The average Bonchev–Trinajstić information content (AvgIpc) is 2.28. The van der Waals surface area contributed by atoms with Gasteiger partial charge in [-0.05, 0) is 0 Å². The molecule has 0 aromatic rings. The maximum Gasteiger partial charge on any atom is 0.427 e. The lowest BCUT2D eigenvalue weighted by Crippen LogP contribution is -2.31. The number of amides is 2. The molecular weight excluding hydrogens is 154 g/mol. The van der Waals surface area contributed by atoms with Crippen molar-refractivity contribution in [2.45, 2.75) is 0 Å². The number of hydrogen-bond donors (Lipinski definition) is 0. The Morgan fingerprint density at radius 1 is 1.64 bits per heavy atom. The Morgan fingerprint density at radius 3 is 2.64 bits per heavy atom. The van der Waals surface area contributed by atoms with E-state index in [0.717, 1.165) is 7.11 Å². The Hall–Kier alpha value is -1.59. The lowest BCUT2D eigenvalue weighted by molar-refractivity contribution is -0.132. The quantitative estimate of drug-likeness (QED) is 0.359. The zero-order valence-electron chi connectivity index (χ0n) is 5.70. The van der Waals surface area contributed by atoms with Crippen LogP contribution in [0, 0.1) is 0 Å². The number of esters is 1. The summed E-state index contributed by atoms with van der Waals surface area (Å²) in [5, 5.41) is 0. The van der Waals surface area contributed by atoms with Crippen LogP contribution in [0.25, 0.3) is 0 Å². The van der Waals surface area contributed by atoms with Gasteiger partial charge in [-0.3, -0.25) is 0 Å². The SMILES string of the molecule is COC(=O)N1CC(=O)OC1=O. The first-order chi connectivity index (χ1) is 5.15. The normalized spacial score (nSPS) is 16.6. The maximum absolute atomic E-state index is 10.6. The van der Waals surface area contributed by atoms with Gasteiger partial charge in [-0.25, -0.2) is 19.3 Å². The van der Waals surface area contributed by atoms with Crippen LogP contribution in [0.2, 0.25) is 0 Å². The lowest BCUT2D eigenvalue weighted by Gasteiger charge is -2.05. The molecule has 1 aliphatic heterocycles. The van der Waals surface area contributed by atoms with Gasteiger partial charge in [0, 0.05) is 0 Å². The minimum Gasteiger partial charge on any atom is -0.452 e. The first-order valence-corrected chi connectivity index (χ1v) is 2.75. The van der Waals surface area contributed by atoms with E-state index in [1.807, 2.05) is 0 Å². The third-order valence-electron chi connectivity index (χ3n) is 1.10. The van der Waals surface area contributed by atoms with Crippen molar-refractivity contribution < 1.29 is 23.9 Å². The summed E-state index contributed by atoms with van der Waals surface area (Å²) in [6.07, 6.45) is -1.87. The monoisotopic (exact) mass is 159 g/mol. The minimum absolute atomic E-state index is 0.370. The zero-order chi connectivity index (χ0) is 8.43. The van der Waals surface area contributed by atoms with Gasteiger partial charge in [0.05, 0.1) is 7.11 Å². The van der Waals surface area contributed by atoms with Crippen molar-refractivity contribution in [3.05, 3.63) is 0 Å². The van der Waals surface area contributed by atoms with Gasteiger partial charge in [-0.15, -0.1) is 0 Å². The molecule has 11 heavy (non-hydrogen) atoms. The van der Waals surface area contributed by atoms with E-state index in [9.17, 15) is 14.4 Å². The van der Waals surface area contributed by atoms with Crippen molar-refractivity contribution in [3.8, 4) is 0 Å². The summed E-state index contributed by atoms with van der Waals surface area (Å²) in [6.45, 7) is -0.370. The lowest BCUT2D eigenvalue weighted by atomic mass is 10.6. The van der Waals surface area contributed by atoms with Gasteiger partial charge in [0.15, 0.2) is 0 Å². The molecular formula is C5H5NO5. The molecule has 0 radical (unpaired) electrons. The molecule has 0 spiro atoms. The predicted molar refractivity (Wildman–Crippen MR) is 30.6 cm³/mol. The fraction of sp³-hybridized carbons (Fsp3) is 0.400. The number of carbonyl (C=O) groups excluding carboxylic acids is 3. The molecule has 0 saturated carbocycles. The largest absolute Gasteiger partial charge is 0.452 e. The maximum atomic E-state index is 10.6. The third-order valence-corrected chi connectivity index (χ3v) is 1.10. The molecule has 0 unspecified atom stereocenters. The fourth-order valence-electron chi connectivity index (χ4n) is 0.628. The van der Waals surface area contributed by atoms with Crippen molar-refractivity contribution in [2.24, 2.45) is 0 Å². The molecule has 60 valence electrons. The zero-order valence-corrected chi connectivity index (χ0v) is 5.70. The van der Waals surface area contributed by atoms with E-state index in [1.54, 1.807) is 0 Å². The number of methoxy groups -OCH3 is 1. The van der Waals surface area contributed by atoms with Gasteiger partial charge >= 0.3 is 18.2 Å². The van der Waals surface area contributed by atoms with Gasteiger partial charge < -0.3 is 9.47 Å². The molecule has 0 aromatic heterocycles. The van der Waals surface area contributed by atoms with Gasteiger partial charge in [0.25, 0.3) is 0 Å². The van der Waals surface area contributed by atoms with E-state index in [4.69, 9.17) is 0 Å². The second-order valence-electron chi connectivity index (χ2n) is 1.80. The number of cyclic esters (lactones) is 2. The Morgan fingerprint density at radius 2 is 2.27 bits per heavy atom. The van der Waals surface area contributed by atoms with Crippen LogP contribution < -0.4 is 0 Å². The number of carbonyl (C=O) groups is 3. The highest BCUT2D eigenvalue weighted by Crippen LogP contribution is 2.05. The number of imide groups is 1. The average molecular weight is 159 g/mol. The highest BCUT2D eigenvalue weighted by atomic mass is 16.6. The van der Waals surface area contributed by atoms with E-state index < -0.39 is 18.2 Å². The highest BCUT2D eigenvalue weighted by Gasteiger charge is 2.35. The molecule has 1 heterocycles. The van der Waals surface area contributed by atoms with Gasteiger partial charge in [-0.1, -0.05) is 0 Å². The van der Waals surface area contributed by atoms with Crippen LogP contribution in [0.5, 0.6) is 0 Å². The first kappa shape index (κ1) is 7.52. The Kier molecular flexibility index (Phi) is 1.75. The molecule has 0 aliphatic carbocycles. The summed E-state index contributed by atoms with van der Waals surface area (Å²) in [5.74, 6) is -0.750. The summed E-state index contributed by atoms with van der Waals surface area (Å²) in [4.78, 5) is 32.2. The van der Waals surface area contributed by atoms with Crippen molar-refractivity contribution in [1.29, 1.82) is 0 Å². The van der Waals surface area contributed by atoms with E-state index in [0.29, 0.717) is 4.90 Å². The molecule has 1 saturated heterocycles. The Labute approximate surface area is 61.7 Å². The minimum atomic E-state index is -0.984. The molecule has 1 rings (SSSR count). The number of ether oxygens (including phenoxy) is 2. The molecule has 1 aliphatic rings. The predicted octanol–water partition coefficient (Wildman–Crippen LogP) is -0.268. The van der Waals surface area contributed by atoms with Crippen molar-refractivity contribution in [3.63, 3.8) is 0 Å². The van der Waals surface area contributed by atoms with Crippen LogP contribution in [-0.2, 0) is 14.3 Å². The van der Waals surface area contributed by atoms with Gasteiger partial charge in [0.2, 0.25) is 0 Å². The highest BCUT2D eigenvalue weighted by molar-refractivity contribution is 6.01. The van der Waals surface area contributed by atoms with Crippen LogP contribution >= 0.6 is 0 Å². The Balaban J connectivity index is 2.67. The molecule has 1 fully saturated rings. The second kappa shape index (κ2) is 2.57. The number of hydrogen-bond acceptors (Lipinski definition) is 5. The smallest absolute Gasteiger partial charge is 0.427 e. The molecule has 0 N–H and O–H groups in total. The van der Waals surface area contributed by atoms with Crippen LogP contribution in [0.1, 0.15) is 0 Å². The van der Waals surface area contributed by atoms with Crippen molar-refractivity contribution >= 4 is 18.2 Å². The van der Waals surface area contributed by atoms with E-state index >= 15 is 0 Å². The molecule has 2 amide bonds. The second-order valence-corrected chi connectivity index (χ2v) is 1.80. The molecule has 6 nitrogen and oxygen atoms in total. The van der Waals surface area contributed by atoms with Gasteiger partial charge in [-0.2, -0.15) is 0 Å². The topological polar surface area (TPSA) is 72.9 Å². The summed E-state index contributed by atoms with van der Waals surface area (Å²) in [7, 11) is 1.11. The third kappa shape index (κ3) is 1.28. The number of rotatable bonds is 0. The van der Waals surface area contributed by atoms with Crippen LogP contribution in [0.4, 0.5) is 9.59 Å². The fourth-order valence-corrected chi connectivity index (χ4v) is 0.628. The molecule has 6 heteroatoms. The summed E-state index contributed by atoms with van der Waals surface area (Å²) >= 11 is 0. The molecule has 0 atom stereocenters. The standard InChI is InChI=1S/C5H5NO5/c1-10-4(8)6-2-3(7)11-5(6)9/h2H2,1H3. The first-order valence-electron chi connectivity index (χ1n) is 2.75. The van der Waals surface area contributed by atoms with Crippen LogP contribution in [-0.4, -0.2) is 36.7 Å². The Bertz CT molecular complexity index is 223. The van der Waals surface area contributed by atoms with Crippen LogP contribution in [0.3, 0.4) is 0 Å². The van der Waals surface area contributed by atoms with Crippen molar-refractivity contribution in [1.82, 2.24) is 4.90 Å². The van der Waals surface area contributed by atoms with E-state index in [-0.39, 0.29) is 6.54 Å². The van der Waals surface area contributed by atoms with E-state index in [2.05, 4.69) is 9.47 Å². The molecule has 0 aromatic carbocycles. The van der Waals surface area contributed by atoms with Gasteiger partial charge in [0.1, 0.15) is 6.54 Å². The summed E-state index contributed by atoms with van der Waals surface area (Å²) in [5.41, 5.74) is 0. The molecule has 0 bridgehead atoms. The van der Waals surface area contributed by atoms with Crippen molar-refractivity contribution in [2.75, 3.05) is 13.7 Å². The summed E-state index contributed by atoms with van der Waals surface area (Å²) in [6, 6.07) is 0. The van der Waals surface area contributed by atoms with Crippen LogP contribution in [0.15, 0.2) is 0 Å². The number of nitrogens with zero attached hydrogens (tertiary/aromatic N) is 1. The summed E-state index contributed by atoms with van der Waals surface area (Å²) < 4.78 is 8.23.